The molecule has 5 nitrogen and oxygen atoms in total. The Hall–Kier alpha value is -2.73. The molecule has 122 valence electrons. The van der Waals surface area contributed by atoms with Crippen molar-refractivity contribution in [1.82, 2.24) is 4.98 Å². The molecule has 1 heterocycles. The molecule has 0 fully saturated rings. The molecule has 6 heteroatoms. The molecule has 2 aromatic carbocycles. The fraction of sp³-hybridized carbons (Fsp3) is 0.167. The zero-order chi connectivity index (χ0) is 17.3. The minimum atomic E-state index is -0.220. The zero-order valence-electron chi connectivity index (χ0n) is 13.6. The summed E-state index contributed by atoms with van der Waals surface area (Å²) in [7, 11) is 0. The average molecular weight is 339 g/mol. The van der Waals surface area contributed by atoms with Crippen LogP contribution in [-0.2, 0) is 4.79 Å². The van der Waals surface area contributed by atoms with Crippen molar-refractivity contribution in [3.63, 3.8) is 0 Å². The van der Waals surface area contributed by atoms with E-state index in [1.54, 1.807) is 23.5 Å². The van der Waals surface area contributed by atoms with Crippen LogP contribution < -0.4 is 10.6 Å². The van der Waals surface area contributed by atoms with Crippen molar-refractivity contribution in [2.45, 2.75) is 20.8 Å². The molecule has 2 amide bonds. The number of amides is 2. The van der Waals surface area contributed by atoms with E-state index in [1.165, 1.54) is 6.92 Å². The first kappa shape index (κ1) is 16.1. The van der Waals surface area contributed by atoms with Gasteiger partial charge in [0, 0.05) is 23.9 Å². The standard InChI is InChI=1S/C18H17N3O2S/c1-10-4-5-13(8-16(10)19-11(2)22)18(23)21-14-6-7-15-17(9-14)24-12(3)20-15/h4-9H,1-3H3,(H,19,22)(H,21,23). The maximum absolute atomic E-state index is 12.5. The van der Waals surface area contributed by atoms with Gasteiger partial charge in [0.15, 0.2) is 0 Å². The molecule has 0 aliphatic heterocycles. The Kier molecular flexibility index (Phi) is 4.31. The molecule has 0 saturated heterocycles. The zero-order valence-corrected chi connectivity index (χ0v) is 14.5. The van der Waals surface area contributed by atoms with Gasteiger partial charge in [0.25, 0.3) is 5.91 Å². The number of anilines is 2. The summed E-state index contributed by atoms with van der Waals surface area (Å²) in [5, 5.41) is 6.61. The van der Waals surface area contributed by atoms with Gasteiger partial charge in [0.05, 0.1) is 15.2 Å². The molecule has 0 aliphatic carbocycles. The molecule has 0 saturated carbocycles. The summed E-state index contributed by atoms with van der Waals surface area (Å²) in [5.41, 5.74) is 3.69. The van der Waals surface area contributed by atoms with Crippen LogP contribution in [0.15, 0.2) is 36.4 Å². The number of aryl methyl sites for hydroxylation is 2. The number of carbonyl (C=O) groups excluding carboxylic acids is 2. The number of nitrogens with one attached hydrogen (secondary N) is 2. The fourth-order valence-electron chi connectivity index (χ4n) is 2.41. The molecular formula is C18H17N3O2S. The first-order valence-electron chi connectivity index (χ1n) is 7.49. The fourth-order valence-corrected chi connectivity index (χ4v) is 3.27. The number of rotatable bonds is 3. The van der Waals surface area contributed by atoms with E-state index in [0.29, 0.717) is 11.3 Å². The monoisotopic (exact) mass is 339 g/mol. The number of fused-ring (bicyclic) bond motifs is 1. The van der Waals surface area contributed by atoms with E-state index in [0.717, 1.165) is 26.5 Å². The minimum Gasteiger partial charge on any atom is -0.326 e. The molecule has 0 spiro atoms. The van der Waals surface area contributed by atoms with Gasteiger partial charge in [0.1, 0.15) is 0 Å². The Bertz CT molecular complexity index is 947. The van der Waals surface area contributed by atoms with Gasteiger partial charge in [-0.05, 0) is 49.7 Å². The molecule has 1 aromatic heterocycles. The summed E-state index contributed by atoms with van der Waals surface area (Å²) < 4.78 is 1.04. The number of aromatic nitrogens is 1. The van der Waals surface area contributed by atoms with Gasteiger partial charge in [0.2, 0.25) is 5.91 Å². The summed E-state index contributed by atoms with van der Waals surface area (Å²) in [6, 6.07) is 10.9. The van der Waals surface area contributed by atoms with Gasteiger partial charge in [-0.15, -0.1) is 11.3 Å². The molecule has 0 aliphatic rings. The topological polar surface area (TPSA) is 71.1 Å². The maximum Gasteiger partial charge on any atom is 0.255 e. The Morgan fingerprint density at radius 3 is 2.58 bits per heavy atom. The van der Waals surface area contributed by atoms with Crippen LogP contribution in [0.5, 0.6) is 0 Å². The van der Waals surface area contributed by atoms with Crippen LogP contribution in [0.3, 0.4) is 0 Å². The van der Waals surface area contributed by atoms with Crippen LogP contribution in [-0.4, -0.2) is 16.8 Å². The molecule has 24 heavy (non-hydrogen) atoms. The number of hydrogen-bond acceptors (Lipinski definition) is 4. The number of hydrogen-bond donors (Lipinski definition) is 2. The van der Waals surface area contributed by atoms with Crippen molar-refractivity contribution in [1.29, 1.82) is 0 Å². The van der Waals surface area contributed by atoms with Crippen molar-refractivity contribution in [2.75, 3.05) is 10.6 Å². The SMILES string of the molecule is CC(=O)Nc1cc(C(=O)Nc2ccc3nc(C)sc3c2)ccc1C. The smallest absolute Gasteiger partial charge is 0.255 e. The van der Waals surface area contributed by atoms with Crippen LogP contribution in [0, 0.1) is 13.8 Å². The van der Waals surface area contributed by atoms with E-state index >= 15 is 0 Å². The highest BCUT2D eigenvalue weighted by molar-refractivity contribution is 7.18. The Morgan fingerprint density at radius 2 is 1.83 bits per heavy atom. The summed E-state index contributed by atoms with van der Waals surface area (Å²) in [4.78, 5) is 28.1. The first-order chi connectivity index (χ1) is 11.4. The normalized spacial score (nSPS) is 10.6. The van der Waals surface area contributed by atoms with E-state index in [4.69, 9.17) is 0 Å². The molecule has 0 unspecified atom stereocenters. The van der Waals surface area contributed by atoms with Crippen LogP contribution >= 0.6 is 11.3 Å². The minimum absolute atomic E-state index is 0.165. The second-order valence-corrected chi connectivity index (χ2v) is 6.82. The van der Waals surface area contributed by atoms with Crippen molar-refractivity contribution in [3.05, 3.63) is 52.5 Å². The molecule has 2 N–H and O–H groups in total. The molecular weight excluding hydrogens is 322 g/mol. The van der Waals surface area contributed by atoms with E-state index in [1.807, 2.05) is 38.1 Å². The lowest BCUT2D eigenvalue weighted by atomic mass is 10.1. The largest absolute Gasteiger partial charge is 0.326 e. The molecule has 3 aromatic rings. The highest BCUT2D eigenvalue weighted by Crippen LogP contribution is 2.25. The molecule has 0 radical (unpaired) electrons. The highest BCUT2D eigenvalue weighted by Gasteiger charge is 2.10. The third kappa shape index (κ3) is 3.44. The lowest BCUT2D eigenvalue weighted by Crippen LogP contribution is -2.13. The summed E-state index contributed by atoms with van der Waals surface area (Å²) in [6.45, 7) is 5.28. The number of nitrogens with zero attached hydrogens (tertiary/aromatic N) is 1. The second-order valence-electron chi connectivity index (χ2n) is 5.58. The van der Waals surface area contributed by atoms with Gasteiger partial charge < -0.3 is 10.6 Å². The van der Waals surface area contributed by atoms with Crippen LogP contribution in [0.4, 0.5) is 11.4 Å². The number of benzene rings is 2. The van der Waals surface area contributed by atoms with Gasteiger partial charge in [-0.2, -0.15) is 0 Å². The average Bonchev–Trinajstić information content (AvgIpc) is 2.88. The van der Waals surface area contributed by atoms with Crippen molar-refractivity contribution in [3.8, 4) is 0 Å². The molecule has 0 bridgehead atoms. The van der Waals surface area contributed by atoms with Gasteiger partial charge in [-0.3, -0.25) is 9.59 Å². The lowest BCUT2D eigenvalue weighted by molar-refractivity contribution is -0.114. The van der Waals surface area contributed by atoms with E-state index < -0.39 is 0 Å². The quantitative estimate of drug-likeness (QED) is 0.754. The third-order valence-electron chi connectivity index (χ3n) is 3.56. The van der Waals surface area contributed by atoms with Crippen LogP contribution in [0.1, 0.15) is 27.9 Å². The predicted molar refractivity (Wildman–Crippen MR) is 97.8 cm³/mol. The summed E-state index contributed by atoms with van der Waals surface area (Å²) >= 11 is 1.59. The van der Waals surface area contributed by atoms with E-state index in [-0.39, 0.29) is 11.8 Å². The third-order valence-corrected chi connectivity index (χ3v) is 4.50. The number of thiazole rings is 1. The van der Waals surface area contributed by atoms with E-state index in [9.17, 15) is 9.59 Å². The van der Waals surface area contributed by atoms with Crippen LogP contribution in [0.25, 0.3) is 10.2 Å². The number of carbonyl (C=O) groups is 2. The Balaban J connectivity index is 1.84. The first-order valence-corrected chi connectivity index (χ1v) is 8.31. The second kappa shape index (κ2) is 6.41. The van der Waals surface area contributed by atoms with Gasteiger partial charge >= 0.3 is 0 Å². The molecule has 3 rings (SSSR count). The van der Waals surface area contributed by atoms with Crippen molar-refractivity contribution in [2.24, 2.45) is 0 Å². The highest BCUT2D eigenvalue weighted by atomic mass is 32.1. The van der Waals surface area contributed by atoms with Crippen LogP contribution in [0.2, 0.25) is 0 Å². The van der Waals surface area contributed by atoms with Gasteiger partial charge in [-0.1, -0.05) is 6.07 Å². The Morgan fingerprint density at radius 1 is 1.04 bits per heavy atom. The van der Waals surface area contributed by atoms with Crippen molar-refractivity contribution < 1.29 is 9.59 Å². The predicted octanol–water partition coefficient (Wildman–Crippen LogP) is 4.12. The lowest BCUT2D eigenvalue weighted by Gasteiger charge is -2.10. The van der Waals surface area contributed by atoms with Crippen molar-refractivity contribution >= 4 is 44.7 Å². The summed E-state index contributed by atoms with van der Waals surface area (Å²) in [5.74, 6) is -0.385. The molecule has 0 atom stereocenters. The Labute approximate surface area is 143 Å². The van der Waals surface area contributed by atoms with E-state index in [2.05, 4.69) is 15.6 Å². The summed E-state index contributed by atoms with van der Waals surface area (Å²) in [6.07, 6.45) is 0. The van der Waals surface area contributed by atoms with Gasteiger partial charge in [-0.25, -0.2) is 4.98 Å². The maximum atomic E-state index is 12.5.